The average molecular weight is 328 g/mol. The topological polar surface area (TPSA) is 34.9 Å². The van der Waals surface area contributed by atoms with Crippen molar-refractivity contribution in [3.05, 3.63) is 49.0 Å². The molecular formula is C17H16N2OS2. The van der Waals surface area contributed by atoms with E-state index < -0.39 is 0 Å². The quantitative estimate of drug-likeness (QED) is 0.701. The molecule has 0 spiro atoms. The number of rotatable bonds is 2. The average Bonchev–Trinajstić information content (AvgIpc) is 3.19. The molecular weight excluding hydrogens is 312 g/mol. The smallest absolute Gasteiger partial charge is 0.262 e. The van der Waals surface area contributed by atoms with Gasteiger partial charge in [-0.15, -0.1) is 22.7 Å². The van der Waals surface area contributed by atoms with Crippen LogP contribution in [0.2, 0.25) is 0 Å². The first kappa shape index (κ1) is 13.9. The zero-order valence-electron chi connectivity index (χ0n) is 12.5. The molecule has 5 heteroatoms. The molecule has 1 aliphatic heterocycles. The lowest BCUT2D eigenvalue weighted by atomic mass is 10.2. The van der Waals surface area contributed by atoms with Crippen LogP contribution in [0.25, 0.3) is 21.9 Å². The van der Waals surface area contributed by atoms with Gasteiger partial charge in [0.15, 0.2) is 0 Å². The minimum atomic E-state index is 0.113. The summed E-state index contributed by atoms with van der Waals surface area (Å²) in [5.74, 6) is 0.855. The summed E-state index contributed by atoms with van der Waals surface area (Å²) in [4.78, 5) is 22.1. The Morgan fingerprint density at radius 3 is 2.95 bits per heavy atom. The molecule has 0 saturated heterocycles. The van der Waals surface area contributed by atoms with E-state index >= 15 is 0 Å². The molecule has 1 aliphatic rings. The van der Waals surface area contributed by atoms with Gasteiger partial charge in [-0.25, -0.2) is 4.98 Å². The Balaban J connectivity index is 1.89. The number of hydrogen-bond acceptors (Lipinski definition) is 4. The molecule has 3 nitrogen and oxygen atoms in total. The molecule has 0 amide bonds. The summed E-state index contributed by atoms with van der Waals surface area (Å²) in [6, 6.07) is 6.27. The second-order valence-electron chi connectivity index (χ2n) is 5.55. The highest BCUT2D eigenvalue weighted by molar-refractivity contribution is 7.18. The van der Waals surface area contributed by atoms with Gasteiger partial charge in [0.05, 0.1) is 5.39 Å². The predicted molar refractivity (Wildman–Crippen MR) is 94.8 cm³/mol. The van der Waals surface area contributed by atoms with Crippen LogP contribution in [-0.4, -0.2) is 9.55 Å². The van der Waals surface area contributed by atoms with Gasteiger partial charge < -0.3 is 0 Å². The van der Waals surface area contributed by atoms with Crippen molar-refractivity contribution in [3.63, 3.8) is 0 Å². The molecule has 0 saturated carbocycles. The second-order valence-corrected chi connectivity index (χ2v) is 7.98. The zero-order valence-corrected chi connectivity index (χ0v) is 14.2. The van der Waals surface area contributed by atoms with Crippen LogP contribution >= 0.6 is 22.7 Å². The van der Waals surface area contributed by atoms with Crippen LogP contribution in [0.3, 0.4) is 0 Å². The minimum absolute atomic E-state index is 0.113. The van der Waals surface area contributed by atoms with Crippen LogP contribution in [-0.2, 0) is 13.0 Å². The van der Waals surface area contributed by atoms with Crippen molar-refractivity contribution in [2.75, 3.05) is 0 Å². The van der Waals surface area contributed by atoms with Gasteiger partial charge in [0.25, 0.3) is 5.56 Å². The summed E-state index contributed by atoms with van der Waals surface area (Å²) in [7, 11) is 0. The van der Waals surface area contributed by atoms with Crippen LogP contribution in [0.15, 0.2) is 23.0 Å². The largest absolute Gasteiger partial charge is 0.292 e. The number of hydrogen-bond donors (Lipinski definition) is 0. The van der Waals surface area contributed by atoms with Crippen molar-refractivity contribution in [2.45, 2.75) is 33.2 Å². The molecule has 3 aromatic heterocycles. The summed E-state index contributed by atoms with van der Waals surface area (Å²) in [6.07, 6.45) is 4.02. The van der Waals surface area contributed by atoms with Crippen LogP contribution in [0.4, 0.5) is 0 Å². The van der Waals surface area contributed by atoms with Crippen LogP contribution < -0.4 is 5.56 Å². The number of aryl methyl sites for hydroxylation is 2. The molecule has 0 aromatic carbocycles. The first-order chi connectivity index (χ1) is 10.7. The zero-order chi connectivity index (χ0) is 15.3. The van der Waals surface area contributed by atoms with E-state index in [1.807, 2.05) is 10.6 Å². The lowest BCUT2D eigenvalue weighted by Crippen LogP contribution is -2.19. The fourth-order valence-corrected chi connectivity index (χ4v) is 4.68. The van der Waals surface area contributed by atoms with Gasteiger partial charge in [0.1, 0.15) is 10.7 Å². The van der Waals surface area contributed by atoms with Crippen molar-refractivity contribution >= 4 is 44.5 Å². The first-order valence-electron chi connectivity index (χ1n) is 7.46. The van der Waals surface area contributed by atoms with Crippen molar-refractivity contribution in [3.8, 4) is 0 Å². The van der Waals surface area contributed by atoms with Gasteiger partial charge in [-0.3, -0.25) is 9.36 Å². The maximum atomic E-state index is 12.7. The Morgan fingerprint density at radius 2 is 2.23 bits per heavy atom. The molecule has 3 aromatic rings. The fourth-order valence-electron chi connectivity index (χ4n) is 2.88. The fraction of sp³-hybridized carbons (Fsp3) is 0.294. The molecule has 4 rings (SSSR count). The summed E-state index contributed by atoms with van der Waals surface area (Å²) in [5, 5.41) is 0.777. The Hall–Kier alpha value is -1.72. The number of nitrogens with zero attached hydrogens (tertiary/aromatic N) is 2. The highest BCUT2D eigenvalue weighted by Crippen LogP contribution is 2.31. The maximum absolute atomic E-state index is 12.7. The van der Waals surface area contributed by atoms with E-state index in [4.69, 9.17) is 4.98 Å². The van der Waals surface area contributed by atoms with E-state index in [2.05, 4.69) is 32.1 Å². The van der Waals surface area contributed by atoms with E-state index in [9.17, 15) is 4.79 Å². The molecule has 0 aliphatic carbocycles. The van der Waals surface area contributed by atoms with Gasteiger partial charge >= 0.3 is 0 Å². The first-order valence-corrected chi connectivity index (χ1v) is 9.09. The van der Waals surface area contributed by atoms with Crippen LogP contribution in [0.5, 0.6) is 0 Å². The van der Waals surface area contributed by atoms with Gasteiger partial charge in [-0.2, -0.15) is 0 Å². The highest BCUT2D eigenvalue weighted by Gasteiger charge is 2.22. The number of fused-ring (bicyclic) bond motifs is 2. The third-order valence-electron chi connectivity index (χ3n) is 4.02. The Kier molecular flexibility index (Phi) is 3.27. The maximum Gasteiger partial charge on any atom is 0.262 e. The van der Waals surface area contributed by atoms with E-state index in [1.165, 1.54) is 20.2 Å². The number of allylic oxidation sites excluding steroid dienone is 1. The third kappa shape index (κ3) is 2.16. The van der Waals surface area contributed by atoms with E-state index in [0.29, 0.717) is 0 Å². The van der Waals surface area contributed by atoms with Gasteiger partial charge in [-0.1, -0.05) is 6.92 Å². The molecule has 0 fully saturated rings. The second kappa shape index (κ2) is 5.18. The van der Waals surface area contributed by atoms with Crippen molar-refractivity contribution in [1.29, 1.82) is 0 Å². The Labute approximate surface area is 136 Å². The Morgan fingerprint density at radius 1 is 1.36 bits per heavy atom. The molecule has 112 valence electrons. The Bertz CT molecular complexity index is 959. The van der Waals surface area contributed by atoms with Crippen molar-refractivity contribution in [2.24, 2.45) is 0 Å². The SMILES string of the molecule is CCc1cc2c(=O)n3c(nc2s1)C(=Cc1ccc(C)s1)CC3. The summed E-state index contributed by atoms with van der Waals surface area (Å²) < 4.78 is 1.83. The normalized spacial score (nSPS) is 15.8. The molecule has 0 atom stereocenters. The van der Waals surface area contributed by atoms with Crippen LogP contribution in [0, 0.1) is 6.92 Å². The molecule has 4 heterocycles. The van der Waals surface area contributed by atoms with E-state index in [1.54, 1.807) is 22.7 Å². The molecule has 0 unspecified atom stereocenters. The molecule has 0 N–H and O–H groups in total. The number of aromatic nitrogens is 2. The highest BCUT2D eigenvalue weighted by atomic mass is 32.1. The summed E-state index contributed by atoms with van der Waals surface area (Å²) >= 11 is 3.42. The van der Waals surface area contributed by atoms with E-state index in [-0.39, 0.29) is 5.56 Å². The molecule has 0 radical (unpaired) electrons. The van der Waals surface area contributed by atoms with Gasteiger partial charge in [0.2, 0.25) is 0 Å². The van der Waals surface area contributed by atoms with E-state index in [0.717, 1.165) is 35.4 Å². The predicted octanol–water partition coefficient (Wildman–Crippen LogP) is 4.33. The standard InChI is InChI=1S/C17H16N2OS2/c1-3-12-9-14-16(22-12)18-15-11(6-7-19(15)17(14)20)8-13-5-4-10(2)21-13/h4-5,8-9H,3,6-7H2,1-2H3. The lowest BCUT2D eigenvalue weighted by Gasteiger charge is -2.02. The lowest BCUT2D eigenvalue weighted by molar-refractivity contribution is 0.726. The third-order valence-corrected chi connectivity index (χ3v) is 6.14. The van der Waals surface area contributed by atoms with Crippen LogP contribution in [0.1, 0.15) is 33.8 Å². The number of thiophene rings is 2. The molecule has 22 heavy (non-hydrogen) atoms. The van der Waals surface area contributed by atoms with Gasteiger partial charge in [-0.05, 0) is 49.6 Å². The summed E-state index contributed by atoms with van der Waals surface area (Å²) in [6.45, 7) is 4.96. The summed E-state index contributed by atoms with van der Waals surface area (Å²) in [5.41, 5.74) is 1.29. The molecule has 0 bridgehead atoms. The minimum Gasteiger partial charge on any atom is -0.292 e. The van der Waals surface area contributed by atoms with Crippen molar-refractivity contribution < 1.29 is 0 Å². The monoisotopic (exact) mass is 328 g/mol. The van der Waals surface area contributed by atoms with Gasteiger partial charge in [0, 0.05) is 21.2 Å². The van der Waals surface area contributed by atoms with Crippen molar-refractivity contribution in [1.82, 2.24) is 9.55 Å².